The lowest BCUT2D eigenvalue weighted by Crippen LogP contribution is -2.44. The van der Waals surface area contributed by atoms with Gasteiger partial charge in [-0.05, 0) is 79.0 Å². The zero-order valence-electron chi connectivity index (χ0n) is 19.3. The van der Waals surface area contributed by atoms with Crippen LogP contribution in [0.25, 0.3) is 43.8 Å². The second-order valence-corrected chi connectivity index (χ2v) is 8.92. The van der Waals surface area contributed by atoms with Gasteiger partial charge in [0, 0.05) is 0 Å². The van der Waals surface area contributed by atoms with Gasteiger partial charge in [0.1, 0.15) is 11.6 Å². The first-order chi connectivity index (χ1) is 17.6. The first-order valence-electron chi connectivity index (χ1n) is 11.8. The Morgan fingerprint density at radius 2 is 0.861 bits per heavy atom. The van der Waals surface area contributed by atoms with Crippen molar-refractivity contribution < 1.29 is 13.8 Å². The smallest absolute Gasteiger partial charge is 0.360 e. The van der Waals surface area contributed by atoms with E-state index in [1.807, 2.05) is 84.9 Å². The number of halogens is 2. The molecular weight excluding hydrogens is 449 g/mol. The standard InChI is InChI=1S/C32H21BF2O/c34-23-15-17-31(29(19-23)27-13-5-9-21-7-1-3-11-25(21)27)33(36)32-18-16-24(35)20-30(32)28-14-6-10-22-8-2-4-12-26(22)28/h1-20,36H. The molecule has 1 N–H and O–H groups in total. The molecule has 0 unspecified atom stereocenters. The molecule has 0 saturated carbocycles. The van der Waals surface area contributed by atoms with Crippen LogP contribution in [0.1, 0.15) is 0 Å². The second kappa shape index (κ2) is 9.06. The van der Waals surface area contributed by atoms with Crippen molar-refractivity contribution in [1.82, 2.24) is 0 Å². The van der Waals surface area contributed by atoms with Crippen LogP contribution >= 0.6 is 0 Å². The first kappa shape index (κ1) is 22.2. The van der Waals surface area contributed by atoms with Gasteiger partial charge in [0.2, 0.25) is 0 Å². The van der Waals surface area contributed by atoms with Crippen LogP contribution in [-0.2, 0) is 0 Å². The second-order valence-electron chi connectivity index (χ2n) is 8.92. The van der Waals surface area contributed by atoms with E-state index >= 15 is 0 Å². The van der Waals surface area contributed by atoms with Gasteiger partial charge in [-0.2, -0.15) is 0 Å². The molecular formula is C32H21BF2O. The summed E-state index contributed by atoms with van der Waals surface area (Å²) in [6, 6.07) is 36.4. The molecule has 0 spiro atoms. The molecule has 0 heterocycles. The lowest BCUT2D eigenvalue weighted by atomic mass is 9.52. The van der Waals surface area contributed by atoms with E-state index in [9.17, 15) is 13.8 Å². The van der Waals surface area contributed by atoms with E-state index in [1.165, 1.54) is 24.3 Å². The molecule has 0 aliphatic heterocycles. The molecule has 6 rings (SSSR count). The Labute approximate surface area is 208 Å². The molecule has 6 aromatic carbocycles. The summed E-state index contributed by atoms with van der Waals surface area (Å²) in [5, 5.41) is 15.7. The minimum Gasteiger partial charge on any atom is -0.443 e. The quantitative estimate of drug-likeness (QED) is 0.284. The fourth-order valence-electron chi connectivity index (χ4n) is 5.09. The van der Waals surface area contributed by atoms with Gasteiger partial charge in [-0.3, -0.25) is 0 Å². The van der Waals surface area contributed by atoms with Gasteiger partial charge < -0.3 is 5.02 Å². The summed E-state index contributed by atoms with van der Waals surface area (Å²) in [6.45, 7) is -1.10. The topological polar surface area (TPSA) is 20.2 Å². The van der Waals surface area contributed by atoms with Crippen molar-refractivity contribution in [1.29, 1.82) is 0 Å². The van der Waals surface area contributed by atoms with Gasteiger partial charge in [-0.25, -0.2) is 8.78 Å². The fraction of sp³-hybridized carbons (Fsp3) is 0. The van der Waals surface area contributed by atoms with Crippen molar-refractivity contribution in [3.63, 3.8) is 0 Å². The molecule has 6 aromatic rings. The minimum absolute atomic E-state index is 0.387. The molecule has 36 heavy (non-hydrogen) atoms. The third-order valence-corrected chi connectivity index (χ3v) is 6.78. The molecule has 0 bridgehead atoms. The van der Waals surface area contributed by atoms with Crippen molar-refractivity contribution in [3.8, 4) is 22.3 Å². The van der Waals surface area contributed by atoms with Crippen molar-refractivity contribution in [3.05, 3.63) is 133 Å². The summed E-state index contributed by atoms with van der Waals surface area (Å²) < 4.78 is 29.1. The average Bonchev–Trinajstić information content (AvgIpc) is 2.92. The van der Waals surface area contributed by atoms with Crippen LogP contribution < -0.4 is 10.9 Å². The van der Waals surface area contributed by atoms with Crippen molar-refractivity contribution in [2.75, 3.05) is 0 Å². The maximum absolute atomic E-state index is 14.5. The Kier molecular flexibility index (Phi) is 5.59. The van der Waals surface area contributed by atoms with Crippen LogP contribution in [-0.4, -0.2) is 11.9 Å². The molecule has 0 saturated heterocycles. The molecule has 0 aromatic heterocycles. The highest BCUT2D eigenvalue weighted by Gasteiger charge is 2.26. The number of benzene rings is 6. The fourth-order valence-corrected chi connectivity index (χ4v) is 5.09. The van der Waals surface area contributed by atoms with Gasteiger partial charge in [0.05, 0.1) is 0 Å². The Balaban J connectivity index is 1.57. The van der Waals surface area contributed by atoms with Crippen LogP contribution in [0, 0.1) is 11.6 Å². The first-order valence-corrected chi connectivity index (χ1v) is 11.8. The van der Waals surface area contributed by atoms with E-state index in [0.29, 0.717) is 22.1 Å². The lowest BCUT2D eigenvalue weighted by Gasteiger charge is -2.19. The molecule has 0 radical (unpaired) electrons. The predicted octanol–water partition coefficient (Wildman–Crippen LogP) is 6.70. The minimum atomic E-state index is -1.10. The summed E-state index contributed by atoms with van der Waals surface area (Å²) in [5.74, 6) is -0.774. The van der Waals surface area contributed by atoms with E-state index in [0.717, 1.165) is 32.7 Å². The Bertz CT molecular complexity index is 1610. The van der Waals surface area contributed by atoms with Gasteiger partial charge in [0.15, 0.2) is 0 Å². The zero-order chi connectivity index (χ0) is 24.6. The maximum atomic E-state index is 14.5. The highest BCUT2D eigenvalue weighted by Crippen LogP contribution is 2.30. The maximum Gasteiger partial charge on any atom is 0.360 e. The molecule has 0 aliphatic rings. The number of fused-ring (bicyclic) bond motifs is 2. The van der Waals surface area contributed by atoms with E-state index in [4.69, 9.17) is 0 Å². The predicted molar refractivity (Wildman–Crippen MR) is 146 cm³/mol. The van der Waals surface area contributed by atoms with Crippen LogP contribution in [0.3, 0.4) is 0 Å². The summed E-state index contributed by atoms with van der Waals surface area (Å²) in [4.78, 5) is 0. The summed E-state index contributed by atoms with van der Waals surface area (Å²) >= 11 is 0. The van der Waals surface area contributed by atoms with Gasteiger partial charge in [0.25, 0.3) is 0 Å². The summed E-state index contributed by atoms with van der Waals surface area (Å²) in [6.07, 6.45) is 0. The molecule has 1 nitrogen and oxygen atoms in total. The summed E-state index contributed by atoms with van der Waals surface area (Å²) in [5.41, 5.74) is 3.98. The molecule has 4 heteroatoms. The van der Waals surface area contributed by atoms with Crippen LogP contribution in [0.2, 0.25) is 0 Å². The SMILES string of the molecule is OB(c1ccc(F)cc1-c1cccc2ccccc12)c1ccc(F)cc1-c1cccc2ccccc12. The molecule has 0 fully saturated rings. The third-order valence-electron chi connectivity index (χ3n) is 6.78. The van der Waals surface area contributed by atoms with E-state index in [-0.39, 0.29) is 11.6 Å². The van der Waals surface area contributed by atoms with E-state index < -0.39 is 6.92 Å². The van der Waals surface area contributed by atoms with Crippen molar-refractivity contribution in [2.45, 2.75) is 0 Å². The number of hydrogen-bond acceptors (Lipinski definition) is 1. The Morgan fingerprint density at radius 1 is 0.444 bits per heavy atom. The number of rotatable bonds is 4. The van der Waals surface area contributed by atoms with Gasteiger partial charge >= 0.3 is 6.92 Å². The lowest BCUT2D eigenvalue weighted by molar-refractivity contribution is 0.599. The van der Waals surface area contributed by atoms with E-state index in [1.54, 1.807) is 12.1 Å². The van der Waals surface area contributed by atoms with Crippen LogP contribution in [0.15, 0.2) is 121 Å². The normalized spacial score (nSPS) is 11.2. The van der Waals surface area contributed by atoms with Crippen molar-refractivity contribution >= 4 is 39.4 Å². The monoisotopic (exact) mass is 470 g/mol. The number of hydrogen-bond donors (Lipinski definition) is 1. The zero-order valence-corrected chi connectivity index (χ0v) is 19.3. The molecule has 0 atom stereocenters. The molecule has 172 valence electrons. The average molecular weight is 470 g/mol. The van der Waals surface area contributed by atoms with Crippen molar-refractivity contribution in [2.24, 2.45) is 0 Å². The van der Waals surface area contributed by atoms with E-state index in [2.05, 4.69) is 0 Å². The largest absolute Gasteiger partial charge is 0.443 e. The highest BCUT2D eigenvalue weighted by molar-refractivity contribution is 6.81. The van der Waals surface area contributed by atoms with Gasteiger partial charge in [-0.1, -0.05) is 97.1 Å². The Morgan fingerprint density at radius 3 is 1.33 bits per heavy atom. The highest BCUT2D eigenvalue weighted by atomic mass is 19.1. The molecule has 0 aliphatic carbocycles. The third kappa shape index (κ3) is 3.86. The Hall–Kier alpha value is -4.28. The molecule has 0 amide bonds. The van der Waals surface area contributed by atoms with Crippen LogP contribution in [0.4, 0.5) is 8.78 Å². The summed E-state index contributed by atoms with van der Waals surface area (Å²) in [7, 11) is 0. The van der Waals surface area contributed by atoms with Gasteiger partial charge in [-0.15, -0.1) is 0 Å². The van der Waals surface area contributed by atoms with Crippen LogP contribution in [0.5, 0.6) is 0 Å².